The zero-order valence-corrected chi connectivity index (χ0v) is 12.4. The van der Waals surface area contributed by atoms with Crippen LogP contribution in [-0.4, -0.2) is 56.4 Å². The fourth-order valence-electron chi connectivity index (χ4n) is 1.46. The Morgan fingerprint density at radius 3 is 2.55 bits per heavy atom. The first-order valence-corrected chi connectivity index (χ1v) is 7.14. The molecular formula is C8H19N6O7P. The Kier molecular flexibility index (Phi) is 7.97. The van der Waals surface area contributed by atoms with Gasteiger partial charge in [0.1, 0.15) is 12.4 Å². The van der Waals surface area contributed by atoms with Gasteiger partial charge in [-0.05, 0) is 0 Å². The molecule has 0 bridgehead atoms. The van der Waals surface area contributed by atoms with Crippen LogP contribution in [0.1, 0.15) is 0 Å². The second-order valence-corrected chi connectivity index (χ2v) is 4.83. The summed E-state index contributed by atoms with van der Waals surface area (Å²) in [7, 11) is -4.64. The number of nitrogens with zero attached hydrogens (tertiary/aromatic N) is 2. The number of fused-ring (bicyclic) bond motifs is 1. The standard InChI is InChI=1S/C8H13N5O3.H3N.H3O4P/c9-8-11-6-5(7(15)12-8)10-3-13(6)4-16-2-1-14;;1-5(2,3)4/h10,14H,1-4H2,(H3,9,11,12,15);1H3;(H3,1,2,3,4). The average molecular weight is 342 g/mol. The van der Waals surface area contributed by atoms with Crippen LogP contribution in [0.2, 0.25) is 0 Å². The van der Waals surface area contributed by atoms with Crippen LogP contribution < -0.4 is 27.7 Å². The number of aromatic nitrogens is 2. The molecule has 0 amide bonds. The van der Waals surface area contributed by atoms with Gasteiger partial charge in [-0.25, -0.2) is 4.57 Å². The Morgan fingerprint density at radius 2 is 2.00 bits per heavy atom. The normalized spacial score (nSPS) is 12.6. The number of hydrogen-bond donors (Lipinski definition) is 8. The van der Waals surface area contributed by atoms with Gasteiger partial charge in [0.25, 0.3) is 5.56 Å². The first-order chi connectivity index (χ1) is 9.72. The molecule has 11 N–H and O–H groups in total. The van der Waals surface area contributed by atoms with E-state index >= 15 is 0 Å². The van der Waals surface area contributed by atoms with Crippen molar-refractivity contribution in [3.8, 4) is 0 Å². The molecule has 0 atom stereocenters. The number of aliphatic hydroxyl groups excluding tert-OH is 1. The predicted octanol–water partition coefficient (Wildman–Crippen LogP) is -2.26. The quantitative estimate of drug-likeness (QED) is 0.214. The molecule has 128 valence electrons. The van der Waals surface area contributed by atoms with Gasteiger partial charge in [-0.1, -0.05) is 0 Å². The number of aromatic amines is 1. The molecule has 0 unspecified atom stereocenters. The smallest absolute Gasteiger partial charge is 0.394 e. The van der Waals surface area contributed by atoms with Gasteiger partial charge >= 0.3 is 7.82 Å². The van der Waals surface area contributed by atoms with Crippen molar-refractivity contribution in [1.29, 1.82) is 0 Å². The van der Waals surface area contributed by atoms with Crippen molar-refractivity contribution in [1.82, 2.24) is 16.1 Å². The second kappa shape index (κ2) is 8.65. The number of nitrogens with one attached hydrogen (secondary N) is 2. The lowest BCUT2D eigenvalue weighted by Crippen LogP contribution is -2.27. The Hall–Kier alpha value is -1.73. The monoisotopic (exact) mass is 342 g/mol. The number of aliphatic hydroxyl groups is 1. The Balaban J connectivity index is 0.000000644. The third-order valence-corrected chi connectivity index (χ3v) is 2.15. The van der Waals surface area contributed by atoms with Gasteiger partial charge in [0.15, 0.2) is 5.82 Å². The minimum absolute atomic E-state index is 0. The van der Waals surface area contributed by atoms with E-state index in [4.69, 9.17) is 34.8 Å². The van der Waals surface area contributed by atoms with E-state index in [1.165, 1.54) is 0 Å². The van der Waals surface area contributed by atoms with E-state index in [0.29, 0.717) is 18.2 Å². The lowest BCUT2D eigenvalue weighted by molar-refractivity contribution is 0.0934. The molecule has 0 saturated carbocycles. The number of anilines is 3. The van der Waals surface area contributed by atoms with Gasteiger partial charge in [-0.15, -0.1) is 0 Å². The highest BCUT2D eigenvalue weighted by Crippen LogP contribution is 2.26. The van der Waals surface area contributed by atoms with Crippen molar-refractivity contribution in [2.45, 2.75) is 0 Å². The van der Waals surface area contributed by atoms with E-state index in [-0.39, 0.29) is 37.6 Å². The van der Waals surface area contributed by atoms with Crippen molar-refractivity contribution < 1.29 is 29.1 Å². The van der Waals surface area contributed by atoms with Crippen LogP contribution in [0.3, 0.4) is 0 Å². The summed E-state index contributed by atoms with van der Waals surface area (Å²) in [5.74, 6) is 0.541. The Labute approximate surface area is 124 Å². The number of nitrogen functional groups attached to an aromatic ring is 1. The van der Waals surface area contributed by atoms with E-state index < -0.39 is 7.82 Å². The van der Waals surface area contributed by atoms with Crippen LogP contribution >= 0.6 is 7.82 Å². The summed E-state index contributed by atoms with van der Waals surface area (Å²) in [5, 5.41) is 11.5. The molecule has 0 aromatic carbocycles. The van der Waals surface area contributed by atoms with E-state index in [1.807, 2.05) is 0 Å². The molecule has 22 heavy (non-hydrogen) atoms. The number of H-pyrrole nitrogens is 1. The van der Waals surface area contributed by atoms with E-state index in [1.54, 1.807) is 4.90 Å². The SMILES string of the molecule is N.Nc1nc2c(c(=O)[nH]1)NCN2COCCO.O=P(O)(O)O. The molecule has 13 nitrogen and oxygen atoms in total. The van der Waals surface area contributed by atoms with Crippen molar-refractivity contribution in [3.05, 3.63) is 10.4 Å². The average Bonchev–Trinajstić information content (AvgIpc) is 2.71. The molecule has 2 rings (SSSR count). The molecule has 0 radical (unpaired) electrons. The van der Waals surface area contributed by atoms with Gasteiger partial charge in [-0.3, -0.25) is 9.78 Å². The zero-order chi connectivity index (χ0) is 16.0. The maximum Gasteiger partial charge on any atom is 0.466 e. The summed E-state index contributed by atoms with van der Waals surface area (Å²) in [5.41, 5.74) is 5.54. The molecule has 1 aliphatic rings. The highest BCUT2D eigenvalue weighted by Gasteiger charge is 2.23. The van der Waals surface area contributed by atoms with Crippen LogP contribution in [0, 0.1) is 0 Å². The molecule has 0 aliphatic carbocycles. The zero-order valence-electron chi connectivity index (χ0n) is 11.5. The molecule has 0 saturated heterocycles. The lowest BCUT2D eigenvalue weighted by Gasteiger charge is -2.16. The number of hydrogen-bond acceptors (Lipinski definition) is 9. The third-order valence-electron chi connectivity index (χ3n) is 2.15. The summed E-state index contributed by atoms with van der Waals surface area (Å²) in [6.45, 7) is 0.875. The molecule has 2 heterocycles. The Morgan fingerprint density at radius 1 is 1.41 bits per heavy atom. The molecule has 1 aliphatic heterocycles. The van der Waals surface area contributed by atoms with E-state index in [2.05, 4.69) is 15.3 Å². The van der Waals surface area contributed by atoms with Crippen molar-refractivity contribution in [2.75, 3.05) is 42.6 Å². The highest BCUT2D eigenvalue weighted by atomic mass is 31.2. The molecule has 14 heteroatoms. The fourth-order valence-corrected chi connectivity index (χ4v) is 1.46. The summed E-state index contributed by atoms with van der Waals surface area (Å²) in [6, 6.07) is 0. The van der Waals surface area contributed by atoms with Crippen molar-refractivity contribution in [3.63, 3.8) is 0 Å². The lowest BCUT2D eigenvalue weighted by atomic mass is 10.5. The second-order valence-electron chi connectivity index (χ2n) is 3.80. The minimum Gasteiger partial charge on any atom is -0.394 e. The van der Waals surface area contributed by atoms with Gasteiger partial charge in [-0.2, -0.15) is 4.98 Å². The summed E-state index contributed by atoms with van der Waals surface area (Å²) >= 11 is 0. The van der Waals surface area contributed by atoms with Gasteiger partial charge < -0.3 is 46.6 Å². The van der Waals surface area contributed by atoms with Gasteiger partial charge in [0.2, 0.25) is 5.95 Å². The van der Waals surface area contributed by atoms with Crippen LogP contribution in [0.15, 0.2) is 4.79 Å². The molecule has 1 aromatic rings. The summed E-state index contributed by atoms with van der Waals surface area (Å²) in [4.78, 5) is 41.2. The number of ether oxygens (including phenoxy) is 1. The highest BCUT2D eigenvalue weighted by molar-refractivity contribution is 7.45. The predicted molar refractivity (Wildman–Crippen MR) is 77.4 cm³/mol. The van der Waals surface area contributed by atoms with Crippen LogP contribution in [-0.2, 0) is 9.30 Å². The van der Waals surface area contributed by atoms with E-state index in [0.717, 1.165) is 0 Å². The number of rotatable bonds is 4. The maximum atomic E-state index is 11.5. The number of nitrogens with two attached hydrogens (primary N) is 1. The molecule has 1 aromatic heterocycles. The van der Waals surface area contributed by atoms with E-state index in [9.17, 15) is 4.79 Å². The Bertz CT molecular complexity index is 566. The van der Waals surface area contributed by atoms with Crippen LogP contribution in [0.4, 0.5) is 17.5 Å². The van der Waals surface area contributed by atoms with Gasteiger partial charge in [0, 0.05) is 0 Å². The molecule has 0 fully saturated rings. The first kappa shape index (κ1) is 20.3. The number of phosphoric acid groups is 1. The minimum atomic E-state index is -4.64. The first-order valence-electron chi connectivity index (χ1n) is 5.58. The topological polar surface area (TPSA) is 229 Å². The van der Waals surface area contributed by atoms with Crippen LogP contribution in [0.5, 0.6) is 0 Å². The van der Waals surface area contributed by atoms with Crippen molar-refractivity contribution >= 4 is 25.3 Å². The third kappa shape index (κ3) is 6.82. The molecular weight excluding hydrogens is 323 g/mol. The largest absolute Gasteiger partial charge is 0.466 e. The molecule has 0 spiro atoms. The maximum absolute atomic E-state index is 11.5. The van der Waals surface area contributed by atoms with Crippen LogP contribution in [0.25, 0.3) is 0 Å². The summed E-state index contributed by atoms with van der Waals surface area (Å²) in [6.07, 6.45) is 0. The summed E-state index contributed by atoms with van der Waals surface area (Å²) < 4.78 is 14.0. The van der Waals surface area contributed by atoms with Crippen molar-refractivity contribution in [2.24, 2.45) is 0 Å². The fraction of sp³-hybridized carbons (Fsp3) is 0.500. The van der Waals surface area contributed by atoms with Gasteiger partial charge in [0.05, 0.1) is 19.9 Å².